The largest absolute Gasteiger partial charge is 0.478 e. The van der Waals surface area contributed by atoms with E-state index in [9.17, 15) is 14.0 Å². The van der Waals surface area contributed by atoms with Crippen LogP contribution in [0.3, 0.4) is 0 Å². The monoisotopic (exact) mass is 399 g/mol. The SMILES string of the molecule is CC1CCCCN1CC(=O)Nc1ccc(F)c(NCc2cccc(C(=O)O)c2)c1. The first-order chi connectivity index (χ1) is 13.9. The van der Waals surface area contributed by atoms with Crippen LogP contribution in [0.4, 0.5) is 15.8 Å². The number of hydrogen-bond donors (Lipinski definition) is 3. The number of carbonyl (C=O) groups excluding carboxylic acids is 1. The number of likely N-dealkylation sites (tertiary alicyclic amines) is 1. The minimum absolute atomic E-state index is 0.120. The Hall–Kier alpha value is -2.93. The summed E-state index contributed by atoms with van der Waals surface area (Å²) in [5.41, 5.74) is 1.66. The predicted molar refractivity (Wildman–Crippen MR) is 111 cm³/mol. The Labute approximate surface area is 169 Å². The lowest BCUT2D eigenvalue weighted by Crippen LogP contribution is -2.42. The summed E-state index contributed by atoms with van der Waals surface area (Å²) in [5.74, 6) is -1.57. The van der Waals surface area contributed by atoms with E-state index < -0.39 is 11.8 Å². The van der Waals surface area contributed by atoms with Gasteiger partial charge in [0.2, 0.25) is 5.91 Å². The number of benzene rings is 2. The Morgan fingerprint density at radius 1 is 1.21 bits per heavy atom. The maximum atomic E-state index is 14.2. The second-order valence-electron chi connectivity index (χ2n) is 7.42. The van der Waals surface area contributed by atoms with Gasteiger partial charge in [-0.15, -0.1) is 0 Å². The van der Waals surface area contributed by atoms with E-state index in [-0.39, 0.29) is 23.7 Å². The molecule has 154 valence electrons. The lowest BCUT2D eigenvalue weighted by molar-refractivity contribution is -0.118. The molecule has 1 aliphatic rings. The number of carboxylic acids is 1. The fraction of sp³-hybridized carbons (Fsp3) is 0.364. The zero-order chi connectivity index (χ0) is 20.8. The number of amides is 1. The van der Waals surface area contributed by atoms with E-state index in [1.54, 1.807) is 24.3 Å². The van der Waals surface area contributed by atoms with Crippen molar-refractivity contribution in [2.75, 3.05) is 23.7 Å². The van der Waals surface area contributed by atoms with Crippen LogP contribution < -0.4 is 10.6 Å². The number of aromatic carboxylic acids is 1. The number of carbonyl (C=O) groups is 2. The third kappa shape index (κ3) is 5.77. The average Bonchev–Trinajstić information content (AvgIpc) is 2.70. The van der Waals surface area contributed by atoms with Gasteiger partial charge in [-0.2, -0.15) is 0 Å². The van der Waals surface area contributed by atoms with E-state index >= 15 is 0 Å². The number of halogens is 1. The third-order valence-corrected chi connectivity index (χ3v) is 5.19. The fourth-order valence-electron chi connectivity index (χ4n) is 3.53. The molecule has 0 aromatic heterocycles. The topological polar surface area (TPSA) is 81.7 Å². The van der Waals surface area contributed by atoms with Gasteiger partial charge in [-0.05, 0) is 62.2 Å². The van der Waals surface area contributed by atoms with E-state index in [2.05, 4.69) is 22.5 Å². The minimum Gasteiger partial charge on any atom is -0.478 e. The van der Waals surface area contributed by atoms with E-state index in [0.717, 1.165) is 24.9 Å². The first-order valence-electron chi connectivity index (χ1n) is 9.82. The summed E-state index contributed by atoms with van der Waals surface area (Å²) in [6, 6.07) is 11.2. The van der Waals surface area contributed by atoms with Gasteiger partial charge in [-0.25, -0.2) is 9.18 Å². The fourth-order valence-corrected chi connectivity index (χ4v) is 3.53. The second-order valence-corrected chi connectivity index (χ2v) is 7.42. The van der Waals surface area contributed by atoms with Crippen molar-refractivity contribution >= 4 is 23.3 Å². The van der Waals surface area contributed by atoms with Crippen LogP contribution in [0.5, 0.6) is 0 Å². The molecule has 2 aromatic rings. The highest BCUT2D eigenvalue weighted by atomic mass is 19.1. The molecule has 1 aliphatic heterocycles. The Morgan fingerprint density at radius 2 is 2.03 bits per heavy atom. The van der Waals surface area contributed by atoms with Crippen molar-refractivity contribution in [1.29, 1.82) is 0 Å². The summed E-state index contributed by atoms with van der Waals surface area (Å²) in [6.45, 7) is 3.63. The van der Waals surface area contributed by atoms with Crippen LogP contribution in [0.15, 0.2) is 42.5 Å². The maximum absolute atomic E-state index is 14.2. The molecule has 3 N–H and O–H groups in total. The molecule has 0 saturated carbocycles. The van der Waals surface area contributed by atoms with Gasteiger partial charge in [-0.3, -0.25) is 9.69 Å². The van der Waals surface area contributed by atoms with Crippen LogP contribution in [-0.4, -0.2) is 41.0 Å². The highest BCUT2D eigenvalue weighted by Crippen LogP contribution is 2.21. The number of nitrogens with zero attached hydrogens (tertiary/aromatic N) is 1. The number of anilines is 2. The molecule has 3 rings (SSSR count). The zero-order valence-corrected chi connectivity index (χ0v) is 16.5. The Balaban J connectivity index is 1.61. The number of hydrogen-bond acceptors (Lipinski definition) is 4. The summed E-state index contributed by atoms with van der Waals surface area (Å²) in [6.07, 6.45) is 3.40. The predicted octanol–water partition coefficient (Wildman–Crippen LogP) is 3.95. The van der Waals surface area contributed by atoms with Crippen molar-refractivity contribution < 1.29 is 19.1 Å². The van der Waals surface area contributed by atoms with Crippen molar-refractivity contribution in [3.8, 4) is 0 Å². The molecule has 1 unspecified atom stereocenters. The third-order valence-electron chi connectivity index (χ3n) is 5.19. The summed E-state index contributed by atoms with van der Waals surface area (Å²) >= 11 is 0. The van der Waals surface area contributed by atoms with Crippen molar-refractivity contribution in [3.05, 3.63) is 59.4 Å². The van der Waals surface area contributed by atoms with Crippen molar-refractivity contribution in [2.24, 2.45) is 0 Å². The lowest BCUT2D eigenvalue weighted by Gasteiger charge is -2.32. The van der Waals surface area contributed by atoms with Crippen molar-refractivity contribution in [2.45, 2.75) is 38.8 Å². The van der Waals surface area contributed by atoms with Gasteiger partial charge in [0.25, 0.3) is 0 Å². The average molecular weight is 399 g/mol. The van der Waals surface area contributed by atoms with Gasteiger partial charge in [0.1, 0.15) is 5.82 Å². The molecule has 6 nitrogen and oxygen atoms in total. The molecule has 1 saturated heterocycles. The molecule has 1 atom stereocenters. The number of piperidine rings is 1. The van der Waals surface area contributed by atoms with Gasteiger partial charge in [-0.1, -0.05) is 18.6 Å². The van der Waals surface area contributed by atoms with Gasteiger partial charge < -0.3 is 15.7 Å². The molecule has 7 heteroatoms. The molecule has 29 heavy (non-hydrogen) atoms. The first kappa shape index (κ1) is 20.8. The molecule has 2 aromatic carbocycles. The molecular weight excluding hydrogens is 373 g/mol. The molecule has 1 amide bonds. The first-order valence-corrected chi connectivity index (χ1v) is 9.82. The maximum Gasteiger partial charge on any atom is 0.335 e. The smallest absolute Gasteiger partial charge is 0.335 e. The highest BCUT2D eigenvalue weighted by molar-refractivity contribution is 5.92. The summed E-state index contributed by atoms with van der Waals surface area (Å²) in [7, 11) is 0. The molecule has 0 radical (unpaired) electrons. The van der Waals surface area contributed by atoms with E-state index in [0.29, 0.717) is 18.3 Å². The minimum atomic E-state index is -1.01. The van der Waals surface area contributed by atoms with E-state index in [1.807, 2.05) is 0 Å². The second kappa shape index (κ2) is 9.52. The quantitative estimate of drug-likeness (QED) is 0.657. The molecule has 0 spiro atoms. The van der Waals surface area contributed by atoms with Crippen LogP contribution in [-0.2, 0) is 11.3 Å². The van der Waals surface area contributed by atoms with Crippen molar-refractivity contribution in [3.63, 3.8) is 0 Å². The molecule has 1 fully saturated rings. The Kier molecular flexibility index (Phi) is 6.82. The van der Waals surface area contributed by atoms with Gasteiger partial charge in [0.05, 0.1) is 17.8 Å². The van der Waals surface area contributed by atoms with Crippen LogP contribution in [0.2, 0.25) is 0 Å². The van der Waals surface area contributed by atoms with Crippen LogP contribution in [0.25, 0.3) is 0 Å². The molecular formula is C22H26FN3O3. The number of rotatable bonds is 7. The number of nitrogens with one attached hydrogen (secondary N) is 2. The Morgan fingerprint density at radius 3 is 2.79 bits per heavy atom. The Bertz CT molecular complexity index is 887. The highest BCUT2D eigenvalue weighted by Gasteiger charge is 2.20. The normalized spacial score (nSPS) is 17.0. The van der Waals surface area contributed by atoms with Crippen LogP contribution in [0.1, 0.15) is 42.1 Å². The summed E-state index contributed by atoms with van der Waals surface area (Å²) < 4.78 is 14.2. The van der Waals surface area contributed by atoms with Gasteiger partial charge in [0.15, 0.2) is 0 Å². The number of carboxylic acid groups (broad SMARTS) is 1. The van der Waals surface area contributed by atoms with Crippen LogP contribution in [0, 0.1) is 5.82 Å². The lowest BCUT2D eigenvalue weighted by atomic mass is 10.0. The summed E-state index contributed by atoms with van der Waals surface area (Å²) in [5, 5.41) is 14.9. The van der Waals surface area contributed by atoms with E-state index in [4.69, 9.17) is 5.11 Å². The molecule has 0 bridgehead atoms. The van der Waals surface area contributed by atoms with Crippen LogP contribution >= 0.6 is 0 Å². The molecule has 1 heterocycles. The molecule has 0 aliphatic carbocycles. The summed E-state index contributed by atoms with van der Waals surface area (Å²) in [4.78, 5) is 25.6. The van der Waals surface area contributed by atoms with Gasteiger partial charge in [0, 0.05) is 18.3 Å². The van der Waals surface area contributed by atoms with Gasteiger partial charge >= 0.3 is 5.97 Å². The zero-order valence-electron chi connectivity index (χ0n) is 16.5. The van der Waals surface area contributed by atoms with E-state index in [1.165, 1.54) is 24.6 Å². The van der Waals surface area contributed by atoms with Crippen molar-refractivity contribution in [1.82, 2.24) is 4.90 Å². The standard InChI is InChI=1S/C22H26FN3O3/c1-15-5-2-3-10-26(15)14-21(27)25-18-8-9-19(23)20(12-18)24-13-16-6-4-7-17(11-16)22(28)29/h4,6-9,11-12,15,24H,2-3,5,10,13-14H2,1H3,(H,25,27)(H,28,29).